The highest BCUT2D eigenvalue weighted by atomic mass is 35.5. The predicted octanol–water partition coefficient (Wildman–Crippen LogP) is 4.72. The molecule has 0 aliphatic carbocycles. The number of amidine groups is 1. The maximum atomic E-state index is 13.4. The molecule has 0 radical (unpaired) electrons. The fourth-order valence-electron chi connectivity index (χ4n) is 4.30. The zero-order valence-corrected chi connectivity index (χ0v) is 17.9. The molecule has 1 unspecified atom stereocenters. The molecule has 1 fully saturated rings. The van der Waals surface area contributed by atoms with Crippen LogP contribution in [0.3, 0.4) is 0 Å². The molecule has 0 saturated carbocycles. The number of carbonyl (C=O) groups excluding carboxylic acids is 1. The summed E-state index contributed by atoms with van der Waals surface area (Å²) >= 11 is 6.36. The monoisotopic (exact) mass is 447 g/mol. The third-order valence-corrected chi connectivity index (χ3v) is 6.17. The summed E-state index contributed by atoms with van der Waals surface area (Å²) in [4.78, 5) is 26.8. The zero-order chi connectivity index (χ0) is 22.8. The Kier molecular flexibility index (Phi) is 5.97. The Morgan fingerprint density at radius 2 is 1.62 bits per heavy atom. The normalized spacial score (nSPS) is 17.8. The molecule has 3 aromatic carbocycles. The van der Waals surface area contributed by atoms with Gasteiger partial charge in [0.05, 0.1) is 6.04 Å². The van der Waals surface area contributed by atoms with Crippen molar-refractivity contribution in [2.45, 2.75) is 24.9 Å². The van der Waals surface area contributed by atoms with Crippen LogP contribution in [0.2, 0.25) is 5.02 Å². The van der Waals surface area contributed by atoms with E-state index in [1.165, 1.54) is 4.90 Å². The first kappa shape index (κ1) is 21.6. The molecular weight excluding hydrogens is 426 g/mol. The van der Waals surface area contributed by atoms with Crippen LogP contribution in [0.1, 0.15) is 40.4 Å². The predicted molar refractivity (Wildman–Crippen MR) is 124 cm³/mol. The second-order valence-electron chi connectivity index (χ2n) is 7.72. The second kappa shape index (κ2) is 8.85. The van der Waals surface area contributed by atoms with Crippen molar-refractivity contribution in [3.05, 3.63) is 94.5 Å². The molecule has 0 aromatic heterocycles. The molecule has 0 bridgehead atoms. The maximum absolute atomic E-state index is 13.4. The van der Waals surface area contributed by atoms with E-state index in [9.17, 15) is 14.7 Å². The van der Waals surface area contributed by atoms with Crippen LogP contribution in [0.4, 0.5) is 0 Å². The molecular formula is C25H22ClN3O3. The Bertz CT molecular complexity index is 1190. The summed E-state index contributed by atoms with van der Waals surface area (Å²) < 4.78 is 0. The van der Waals surface area contributed by atoms with Crippen LogP contribution < -0.4 is 5.73 Å². The van der Waals surface area contributed by atoms with Crippen LogP contribution in [0, 0.1) is 5.41 Å². The average Bonchev–Trinajstić information content (AvgIpc) is 3.24. The van der Waals surface area contributed by atoms with E-state index in [0.717, 1.165) is 16.7 Å². The molecule has 2 atom stereocenters. The minimum atomic E-state index is -1.03. The SMILES string of the molecule is N=C(N)c1ccccc1-c1ccc(C(=O)N2C(c3ccccc3Cl)CC[C@H]2C(=O)O)cc1. The number of nitrogens with two attached hydrogens (primary N) is 1. The molecule has 1 aliphatic heterocycles. The van der Waals surface area contributed by atoms with Crippen molar-refractivity contribution in [2.75, 3.05) is 0 Å². The van der Waals surface area contributed by atoms with Gasteiger partial charge in [0.25, 0.3) is 5.91 Å². The van der Waals surface area contributed by atoms with Gasteiger partial charge < -0.3 is 15.7 Å². The number of nitrogen functional groups attached to an aromatic ring is 1. The van der Waals surface area contributed by atoms with Gasteiger partial charge in [-0.25, -0.2) is 4.79 Å². The van der Waals surface area contributed by atoms with Crippen molar-refractivity contribution in [3.63, 3.8) is 0 Å². The van der Waals surface area contributed by atoms with E-state index in [4.69, 9.17) is 22.7 Å². The number of rotatable bonds is 5. The smallest absolute Gasteiger partial charge is 0.326 e. The summed E-state index contributed by atoms with van der Waals surface area (Å²) in [5.41, 5.74) is 9.04. The molecule has 1 amide bonds. The van der Waals surface area contributed by atoms with Crippen molar-refractivity contribution in [1.29, 1.82) is 5.41 Å². The lowest BCUT2D eigenvalue weighted by atomic mass is 9.97. The Labute approximate surface area is 190 Å². The molecule has 3 aromatic rings. The number of amides is 1. The molecule has 1 aliphatic rings. The Balaban J connectivity index is 1.68. The molecule has 1 heterocycles. The van der Waals surface area contributed by atoms with Crippen LogP contribution in [-0.4, -0.2) is 33.8 Å². The van der Waals surface area contributed by atoms with E-state index < -0.39 is 18.1 Å². The lowest BCUT2D eigenvalue weighted by Crippen LogP contribution is -2.41. The standard InChI is InChI=1S/C25H22ClN3O3/c26-20-8-4-3-7-19(20)21-13-14-22(25(31)32)29(21)24(30)16-11-9-15(10-12-16)17-5-1-2-6-18(17)23(27)28/h1-12,21-22H,13-14H2,(H3,27,28)(H,31,32)/t21?,22-/m0/s1. The van der Waals surface area contributed by atoms with Crippen molar-refractivity contribution < 1.29 is 14.7 Å². The molecule has 4 rings (SSSR count). The van der Waals surface area contributed by atoms with Crippen molar-refractivity contribution in [1.82, 2.24) is 4.90 Å². The molecule has 0 spiro atoms. The Hall–Kier alpha value is -3.64. The van der Waals surface area contributed by atoms with Gasteiger partial charge in [-0.2, -0.15) is 0 Å². The molecule has 6 nitrogen and oxygen atoms in total. The first-order chi connectivity index (χ1) is 15.4. The fraction of sp³-hybridized carbons (Fsp3) is 0.160. The Morgan fingerprint density at radius 3 is 2.28 bits per heavy atom. The minimum Gasteiger partial charge on any atom is -0.480 e. The third-order valence-electron chi connectivity index (χ3n) is 5.83. The number of nitrogens with zero attached hydrogens (tertiary/aromatic N) is 1. The number of nitrogens with one attached hydrogen (secondary N) is 1. The van der Waals surface area contributed by atoms with Gasteiger partial charge in [-0.3, -0.25) is 10.2 Å². The summed E-state index contributed by atoms with van der Waals surface area (Å²) in [6.07, 6.45) is 0.886. The van der Waals surface area contributed by atoms with Crippen molar-refractivity contribution in [2.24, 2.45) is 5.73 Å². The van der Waals surface area contributed by atoms with Crippen LogP contribution in [0.25, 0.3) is 11.1 Å². The van der Waals surface area contributed by atoms with E-state index >= 15 is 0 Å². The Morgan fingerprint density at radius 1 is 0.969 bits per heavy atom. The van der Waals surface area contributed by atoms with Crippen LogP contribution in [0.15, 0.2) is 72.8 Å². The number of aliphatic carboxylic acids is 1. The lowest BCUT2D eigenvalue weighted by Gasteiger charge is -2.29. The maximum Gasteiger partial charge on any atom is 0.326 e. The van der Waals surface area contributed by atoms with E-state index in [2.05, 4.69) is 0 Å². The fourth-order valence-corrected chi connectivity index (χ4v) is 4.56. The number of halogens is 1. The van der Waals surface area contributed by atoms with Gasteiger partial charge in [0, 0.05) is 16.1 Å². The number of hydrogen-bond donors (Lipinski definition) is 3. The number of hydrogen-bond acceptors (Lipinski definition) is 3. The largest absolute Gasteiger partial charge is 0.480 e. The van der Waals surface area contributed by atoms with E-state index in [1.807, 2.05) is 30.3 Å². The number of likely N-dealkylation sites (tertiary alicyclic amines) is 1. The zero-order valence-electron chi connectivity index (χ0n) is 17.2. The highest BCUT2D eigenvalue weighted by molar-refractivity contribution is 6.31. The number of carbonyl (C=O) groups is 2. The average molecular weight is 448 g/mol. The molecule has 7 heteroatoms. The third kappa shape index (κ3) is 3.97. The van der Waals surface area contributed by atoms with Gasteiger partial charge in [-0.15, -0.1) is 0 Å². The van der Waals surface area contributed by atoms with Gasteiger partial charge in [-0.1, -0.05) is 66.2 Å². The minimum absolute atomic E-state index is 0.0373. The summed E-state index contributed by atoms with van der Waals surface area (Å²) in [6, 6.07) is 20.1. The summed E-state index contributed by atoms with van der Waals surface area (Å²) in [6.45, 7) is 0. The number of benzene rings is 3. The first-order valence-electron chi connectivity index (χ1n) is 10.2. The topological polar surface area (TPSA) is 107 Å². The molecule has 4 N–H and O–H groups in total. The number of carboxylic acids is 1. The van der Waals surface area contributed by atoms with Crippen LogP contribution in [-0.2, 0) is 4.79 Å². The molecule has 1 saturated heterocycles. The highest BCUT2D eigenvalue weighted by Gasteiger charge is 2.42. The number of carboxylic acid groups (broad SMARTS) is 1. The van der Waals surface area contributed by atoms with E-state index in [-0.39, 0.29) is 11.7 Å². The summed E-state index contributed by atoms with van der Waals surface area (Å²) in [5.74, 6) is -1.42. The highest BCUT2D eigenvalue weighted by Crippen LogP contribution is 2.40. The van der Waals surface area contributed by atoms with Gasteiger partial charge >= 0.3 is 5.97 Å². The summed E-state index contributed by atoms with van der Waals surface area (Å²) in [5, 5.41) is 18.0. The van der Waals surface area contributed by atoms with Crippen molar-refractivity contribution in [3.8, 4) is 11.1 Å². The van der Waals surface area contributed by atoms with E-state index in [0.29, 0.717) is 29.0 Å². The van der Waals surface area contributed by atoms with Gasteiger partial charge in [0.2, 0.25) is 0 Å². The van der Waals surface area contributed by atoms with Gasteiger partial charge in [0.1, 0.15) is 11.9 Å². The molecule has 162 valence electrons. The van der Waals surface area contributed by atoms with Crippen molar-refractivity contribution >= 4 is 29.3 Å². The second-order valence-corrected chi connectivity index (χ2v) is 8.12. The quantitative estimate of drug-likeness (QED) is 0.388. The molecule has 32 heavy (non-hydrogen) atoms. The lowest BCUT2D eigenvalue weighted by molar-refractivity contribution is -0.141. The van der Waals surface area contributed by atoms with E-state index in [1.54, 1.807) is 42.5 Å². The van der Waals surface area contributed by atoms with Gasteiger partial charge in [0.15, 0.2) is 0 Å². The van der Waals surface area contributed by atoms with Crippen LogP contribution >= 0.6 is 11.6 Å². The van der Waals surface area contributed by atoms with Crippen LogP contribution in [0.5, 0.6) is 0 Å². The first-order valence-corrected chi connectivity index (χ1v) is 10.6. The summed E-state index contributed by atoms with van der Waals surface area (Å²) in [7, 11) is 0. The van der Waals surface area contributed by atoms with Gasteiger partial charge in [-0.05, 0) is 47.7 Å².